The zero-order chi connectivity index (χ0) is 16.3. The number of nitrogens with zero attached hydrogens (tertiary/aromatic N) is 1. The van der Waals surface area contributed by atoms with Gasteiger partial charge in [-0.15, -0.1) is 0 Å². The molecular formula is C15H24N2O4S. The van der Waals surface area contributed by atoms with E-state index in [0.717, 1.165) is 0 Å². The van der Waals surface area contributed by atoms with Crippen LogP contribution in [0, 0.1) is 5.92 Å². The van der Waals surface area contributed by atoms with Crippen molar-refractivity contribution in [3.63, 3.8) is 0 Å². The predicted octanol–water partition coefficient (Wildman–Crippen LogP) is 1.45. The van der Waals surface area contributed by atoms with Crippen molar-refractivity contribution in [2.24, 2.45) is 11.7 Å². The summed E-state index contributed by atoms with van der Waals surface area (Å²) in [4.78, 5) is 0.209. The molecule has 0 spiro atoms. The van der Waals surface area contributed by atoms with Gasteiger partial charge >= 0.3 is 0 Å². The highest BCUT2D eigenvalue weighted by atomic mass is 32.2. The Balaban J connectivity index is 2.33. The molecular weight excluding hydrogens is 304 g/mol. The van der Waals surface area contributed by atoms with E-state index in [9.17, 15) is 8.42 Å². The zero-order valence-electron chi connectivity index (χ0n) is 13.3. The molecule has 6 nitrogen and oxygen atoms in total. The second-order valence-corrected chi connectivity index (χ2v) is 7.38. The van der Waals surface area contributed by atoms with Gasteiger partial charge in [-0.2, -0.15) is 4.31 Å². The summed E-state index contributed by atoms with van der Waals surface area (Å²) in [6.07, 6.45) is 0. The molecule has 1 heterocycles. The Bertz CT molecular complexity index is 608. The minimum Gasteiger partial charge on any atom is -0.490 e. The molecule has 1 aliphatic rings. The van der Waals surface area contributed by atoms with Gasteiger partial charge in [0.15, 0.2) is 11.5 Å². The van der Waals surface area contributed by atoms with Gasteiger partial charge in [0.05, 0.1) is 18.1 Å². The second kappa shape index (κ2) is 6.85. The van der Waals surface area contributed by atoms with Crippen molar-refractivity contribution in [2.75, 3.05) is 26.3 Å². The molecule has 1 saturated heterocycles. The Labute approximate surface area is 132 Å². The van der Waals surface area contributed by atoms with Gasteiger partial charge in [0.25, 0.3) is 0 Å². The molecule has 0 aromatic heterocycles. The van der Waals surface area contributed by atoms with Crippen LogP contribution in [0.25, 0.3) is 0 Å². The summed E-state index contributed by atoms with van der Waals surface area (Å²) < 4.78 is 37.8. The smallest absolute Gasteiger partial charge is 0.243 e. The lowest BCUT2D eigenvalue weighted by Crippen LogP contribution is -2.32. The number of hydrogen-bond donors (Lipinski definition) is 1. The fourth-order valence-electron chi connectivity index (χ4n) is 2.48. The maximum Gasteiger partial charge on any atom is 0.243 e. The summed E-state index contributed by atoms with van der Waals surface area (Å²) in [6, 6.07) is 4.60. The van der Waals surface area contributed by atoms with E-state index >= 15 is 0 Å². The molecule has 7 heteroatoms. The van der Waals surface area contributed by atoms with Crippen LogP contribution in [0.4, 0.5) is 0 Å². The molecule has 124 valence electrons. The first-order chi connectivity index (χ1) is 10.4. The van der Waals surface area contributed by atoms with Gasteiger partial charge < -0.3 is 15.2 Å². The van der Waals surface area contributed by atoms with Crippen LogP contribution in [-0.4, -0.2) is 45.1 Å². The van der Waals surface area contributed by atoms with Crippen LogP contribution in [0.2, 0.25) is 0 Å². The average molecular weight is 328 g/mol. The number of nitrogens with two attached hydrogens (primary N) is 1. The van der Waals surface area contributed by atoms with Crippen LogP contribution in [0.1, 0.15) is 20.8 Å². The molecule has 1 fully saturated rings. The van der Waals surface area contributed by atoms with E-state index in [2.05, 4.69) is 0 Å². The highest BCUT2D eigenvalue weighted by Crippen LogP contribution is 2.32. The minimum atomic E-state index is -3.56. The summed E-state index contributed by atoms with van der Waals surface area (Å²) in [6.45, 7) is 7.40. The lowest BCUT2D eigenvalue weighted by atomic mass is 10.1. The van der Waals surface area contributed by atoms with Crippen LogP contribution < -0.4 is 15.2 Å². The van der Waals surface area contributed by atoms with Crippen LogP contribution >= 0.6 is 0 Å². The van der Waals surface area contributed by atoms with Crippen molar-refractivity contribution >= 4 is 10.0 Å². The quantitative estimate of drug-likeness (QED) is 0.855. The third-order valence-corrected chi connectivity index (χ3v) is 5.62. The van der Waals surface area contributed by atoms with Gasteiger partial charge in [-0.25, -0.2) is 8.42 Å². The molecule has 0 radical (unpaired) electrons. The van der Waals surface area contributed by atoms with Crippen molar-refractivity contribution in [3.05, 3.63) is 18.2 Å². The molecule has 0 bridgehead atoms. The Morgan fingerprint density at radius 2 is 1.82 bits per heavy atom. The molecule has 1 aromatic carbocycles. The topological polar surface area (TPSA) is 81.9 Å². The molecule has 22 heavy (non-hydrogen) atoms. The minimum absolute atomic E-state index is 0.121. The fourth-order valence-corrected chi connectivity index (χ4v) is 4.08. The highest BCUT2D eigenvalue weighted by molar-refractivity contribution is 7.89. The molecule has 2 atom stereocenters. The monoisotopic (exact) mass is 328 g/mol. The third-order valence-electron chi connectivity index (χ3n) is 3.79. The first kappa shape index (κ1) is 17.1. The average Bonchev–Trinajstić information content (AvgIpc) is 2.82. The van der Waals surface area contributed by atoms with E-state index in [1.54, 1.807) is 12.1 Å². The molecule has 0 amide bonds. The lowest BCUT2D eigenvalue weighted by Gasteiger charge is -2.18. The number of rotatable bonds is 6. The number of hydrogen-bond acceptors (Lipinski definition) is 5. The summed E-state index contributed by atoms with van der Waals surface area (Å²) in [5.74, 6) is 1.15. The Kier molecular flexibility index (Phi) is 5.31. The van der Waals surface area contributed by atoms with E-state index < -0.39 is 10.0 Å². The van der Waals surface area contributed by atoms with E-state index in [-0.39, 0.29) is 16.9 Å². The maximum atomic E-state index is 12.7. The molecule has 2 rings (SSSR count). The molecule has 1 aromatic rings. The summed E-state index contributed by atoms with van der Waals surface area (Å²) in [5.41, 5.74) is 5.93. The Hall–Kier alpha value is -1.31. The van der Waals surface area contributed by atoms with Crippen molar-refractivity contribution < 1.29 is 17.9 Å². The van der Waals surface area contributed by atoms with Gasteiger partial charge in [-0.05, 0) is 31.9 Å². The van der Waals surface area contributed by atoms with Crippen molar-refractivity contribution in [3.8, 4) is 11.5 Å². The Morgan fingerprint density at radius 1 is 1.18 bits per heavy atom. The summed E-state index contributed by atoms with van der Waals surface area (Å²) in [7, 11) is -3.56. The van der Waals surface area contributed by atoms with Crippen LogP contribution in [-0.2, 0) is 10.0 Å². The third kappa shape index (κ3) is 3.37. The van der Waals surface area contributed by atoms with Gasteiger partial charge in [0, 0.05) is 25.2 Å². The van der Waals surface area contributed by atoms with Crippen molar-refractivity contribution in [2.45, 2.75) is 31.7 Å². The first-order valence-corrected chi connectivity index (χ1v) is 8.99. The van der Waals surface area contributed by atoms with Crippen molar-refractivity contribution in [1.29, 1.82) is 0 Å². The van der Waals surface area contributed by atoms with E-state index in [1.165, 1.54) is 10.4 Å². The van der Waals surface area contributed by atoms with Crippen LogP contribution in [0.15, 0.2) is 23.1 Å². The zero-order valence-corrected chi connectivity index (χ0v) is 14.1. The van der Waals surface area contributed by atoms with Gasteiger partial charge in [-0.1, -0.05) is 6.92 Å². The molecule has 1 aliphatic heterocycles. The standard InChI is InChI=1S/C15H24N2O4S/c1-4-20-14-7-6-12(8-15(14)21-5-2)22(18,19)17-9-11(3)13(16)10-17/h6-8,11,13H,4-5,9-10,16H2,1-3H3. The second-order valence-electron chi connectivity index (χ2n) is 5.44. The molecule has 2 unspecified atom stereocenters. The maximum absolute atomic E-state index is 12.7. The van der Waals surface area contributed by atoms with Crippen LogP contribution in [0.3, 0.4) is 0 Å². The summed E-state index contributed by atoms with van der Waals surface area (Å²) >= 11 is 0. The number of benzene rings is 1. The normalized spacial score (nSPS) is 22.7. The molecule has 0 saturated carbocycles. The van der Waals surface area contributed by atoms with Gasteiger partial charge in [0.2, 0.25) is 10.0 Å². The molecule has 0 aliphatic carbocycles. The van der Waals surface area contributed by atoms with E-state index in [1.807, 2.05) is 20.8 Å². The lowest BCUT2D eigenvalue weighted by molar-refractivity contribution is 0.287. The van der Waals surface area contributed by atoms with Gasteiger partial charge in [-0.3, -0.25) is 0 Å². The van der Waals surface area contributed by atoms with E-state index in [0.29, 0.717) is 37.8 Å². The number of sulfonamides is 1. The van der Waals surface area contributed by atoms with E-state index in [4.69, 9.17) is 15.2 Å². The van der Waals surface area contributed by atoms with Crippen LogP contribution in [0.5, 0.6) is 11.5 Å². The SMILES string of the molecule is CCOc1ccc(S(=O)(=O)N2CC(C)C(N)C2)cc1OCC. The Morgan fingerprint density at radius 3 is 2.36 bits per heavy atom. The van der Waals surface area contributed by atoms with Crippen molar-refractivity contribution in [1.82, 2.24) is 4.31 Å². The fraction of sp³-hybridized carbons (Fsp3) is 0.600. The first-order valence-electron chi connectivity index (χ1n) is 7.55. The highest BCUT2D eigenvalue weighted by Gasteiger charge is 2.35. The predicted molar refractivity (Wildman–Crippen MR) is 84.7 cm³/mol. The largest absolute Gasteiger partial charge is 0.490 e. The molecule has 2 N–H and O–H groups in total. The number of ether oxygens (including phenoxy) is 2. The van der Waals surface area contributed by atoms with Gasteiger partial charge in [0.1, 0.15) is 0 Å². The summed E-state index contributed by atoms with van der Waals surface area (Å²) in [5, 5.41) is 0.